The van der Waals surface area contributed by atoms with Gasteiger partial charge in [-0.3, -0.25) is 9.59 Å². The first-order valence-corrected chi connectivity index (χ1v) is 7.96. The molecule has 0 aliphatic rings. The van der Waals surface area contributed by atoms with Gasteiger partial charge in [0.25, 0.3) is 0 Å². The van der Waals surface area contributed by atoms with E-state index in [1.807, 2.05) is 24.3 Å². The highest BCUT2D eigenvalue weighted by molar-refractivity contribution is 6.39. The fraction of sp³-hybridized carbons (Fsp3) is 0. The maximum atomic E-state index is 12.7. The zero-order chi connectivity index (χ0) is 16.0. The SMILES string of the molecule is O=c1ccc2ccc3ccc4ccc5ccc(=O)c6c1c2c3c4c56. The third-order valence-electron chi connectivity index (χ3n) is 5.30. The molecule has 0 bridgehead atoms. The third-order valence-corrected chi connectivity index (χ3v) is 5.30. The van der Waals surface area contributed by atoms with Crippen LogP contribution in [0.3, 0.4) is 0 Å². The molecule has 6 aromatic rings. The number of hydrogen-bond acceptors (Lipinski definition) is 2. The van der Waals surface area contributed by atoms with E-state index in [1.165, 1.54) is 0 Å². The molecule has 0 heterocycles. The van der Waals surface area contributed by atoms with E-state index < -0.39 is 0 Å². The van der Waals surface area contributed by atoms with Gasteiger partial charge in [0.1, 0.15) is 0 Å². The van der Waals surface area contributed by atoms with Crippen LogP contribution in [0.2, 0.25) is 0 Å². The lowest BCUT2D eigenvalue weighted by Gasteiger charge is -2.16. The van der Waals surface area contributed by atoms with E-state index in [2.05, 4.69) is 24.3 Å². The molecule has 24 heavy (non-hydrogen) atoms. The Kier molecular flexibility index (Phi) is 1.93. The van der Waals surface area contributed by atoms with Gasteiger partial charge in [0.05, 0.1) is 0 Å². The van der Waals surface area contributed by atoms with Gasteiger partial charge < -0.3 is 0 Å². The molecule has 0 fully saturated rings. The first-order valence-electron chi connectivity index (χ1n) is 7.96. The minimum absolute atomic E-state index is 0.0777. The molecule has 2 heteroatoms. The second-order valence-electron chi connectivity index (χ2n) is 6.47. The van der Waals surface area contributed by atoms with Gasteiger partial charge in [-0.1, -0.05) is 48.5 Å². The Morgan fingerprint density at radius 3 is 0.917 bits per heavy atom. The molecular weight excluding hydrogens is 296 g/mol. The molecule has 0 aliphatic carbocycles. The molecule has 0 radical (unpaired) electrons. The molecule has 0 unspecified atom stereocenters. The van der Waals surface area contributed by atoms with Gasteiger partial charge in [-0.05, 0) is 44.5 Å². The second kappa shape index (κ2) is 3.80. The van der Waals surface area contributed by atoms with E-state index in [4.69, 9.17) is 0 Å². The molecule has 6 rings (SSSR count). The summed E-state index contributed by atoms with van der Waals surface area (Å²) in [6.07, 6.45) is 0. The average Bonchev–Trinajstić information content (AvgIpc) is 2.61. The van der Waals surface area contributed by atoms with Crippen molar-refractivity contribution < 1.29 is 0 Å². The van der Waals surface area contributed by atoms with Crippen LogP contribution in [-0.4, -0.2) is 0 Å². The smallest absolute Gasteiger partial charge is 0.187 e. The highest BCUT2D eigenvalue weighted by Gasteiger charge is 2.19. The highest BCUT2D eigenvalue weighted by atomic mass is 16.1. The van der Waals surface area contributed by atoms with E-state index >= 15 is 0 Å². The Bertz CT molecular complexity index is 1400. The molecular formula is C22H10O2. The van der Waals surface area contributed by atoms with Crippen LogP contribution in [0.5, 0.6) is 0 Å². The highest BCUT2D eigenvalue weighted by Crippen LogP contribution is 2.42. The Morgan fingerprint density at radius 2 is 0.583 bits per heavy atom. The van der Waals surface area contributed by atoms with Crippen LogP contribution in [0.1, 0.15) is 0 Å². The molecule has 0 atom stereocenters. The molecule has 0 N–H and O–H groups in total. The molecule has 0 aliphatic heterocycles. The van der Waals surface area contributed by atoms with Crippen LogP contribution in [0.15, 0.2) is 70.3 Å². The van der Waals surface area contributed by atoms with Gasteiger partial charge in [0.2, 0.25) is 0 Å². The Labute approximate surface area is 135 Å². The van der Waals surface area contributed by atoms with Crippen molar-refractivity contribution in [1.29, 1.82) is 0 Å². The van der Waals surface area contributed by atoms with Gasteiger partial charge in [-0.2, -0.15) is 0 Å². The summed E-state index contributed by atoms with van der Waals surface area (Å²) in [6, 6.07) is 19.3. The number of fused-ring (bicyclic) bond motifs is 1. The monoisotopic (exact) mass is 306 g/mol. The van der Waals surface area contributed by atoms with Crippen molar-refractivity contribution in [3.63, 3.8) is 0 Å². The van der Waals surface area contributed by atoms with Crippen molar-refractivity contribution in [2.45, 2.75) is 0 Å². The van der Waals surface area contributed by atoms with E-state index in [9.17, 15) is 9.59 Å². The molecule has 110 valence electrons. The lowest BCUT2D eigenvalue weighted by molar-refractivity contribution is 1.68. The summed E-state index contributed by atoms with van der Waals surface area (Å²) < 4.78 is 0. The summed E-state index contributed by atoms with van der Waals surface area (Å²) >= 11 is 0. The van der Waals surface area contributed by atoms with Crippen LogP contribution in [0, 0.1) is 0 Å². The van der Waals surface area contributed by atoms with E-state index in [1.54, 1.807) is 12.1 Å². The molecule has 0 saturated carbocycles. The van der Waals surface area contributed by atoms with Crippen LogP contribution in [0.25, 0.3) is 53.9 Å². The lowest BCUT2D eigenvalue weighted by Crippen LogP contribution is -2.08. The van der Waals surface area contributed by atoms with Crippen molar-refractivity contribution in [3.8, 4) is 0 Å². The van der Waals surface area contributed by atoms with E-state index in [0.29, 0.717) is 10.8 Å². The minimum atomic E-state index is -0.0777. The van der Waals surface area contributed by atoms with Gasteiger partial charge in [-0.15, -0.1) is 0 Å². The summed E-state index contributed by atoms with van der Waals surface area (Å²) in [6.45, 7) is 0. The Balaban J connectivity index is 2.27. The van der Waals surface area contributed by atoms with E-state index in [-0.39, 0.29) is 10.9 Å². The van der Waals surface area contributed by atoms with Crippen LogP contribution in [0.4, 0.5) is 0 Å². The fourth-order valence-corrected chi connectivity index (χ4v) is 4.32. The Hall–Kier alpha value is -3.26. The predicted molar refractivity (Wildman–Crippen MR) is 100 cm³/mol. The lowest BCUT2D eigenvalue weighted by atomic mass is 9.85. The predicted octanol–water partition coefficient (Wildman–Crippen LogP) is 4.49. The van der Waals surface area contributed by atoms with Crippen LogP contribution in [-0.2, 0) is 0 Å². The molecule has 0 amide bonds. The standard InChI is InChI=1S/C22H10O2/c23-15-9-7-13-5-3-11-1-2-12-4-6-14-8-10-16(24)22-20(14)18(12)17(11)19(13)21(15)22/h1-10H. The van der Waals surface area contributed by atoms with Crippen molar-refractivity contribution in [1.82, 2.24) is 0 Å². The quantitative estimate of drug-likeness (QED) is 0.306. The van der Waals surface area contributed by atoms with Gasteiger partial charge in [-0.25, -0.2) is 0 Å². The first-order chi connectivity index (χ1) is 11.7. The third kappa shape index (κ3) is 1.21. The second-order valence-corrected chi connectivity index (χ2v) is 6.47. The number of benzene rings is 6. The molecule has 0 spiro atoms. The molecule has 0 saturated heterocycles. The summed E-state index contributed by atoms with van der Waals surface area (Å²) in [7, 11) is 0. The maximum Gasteiger partial charge on any atom is 0.187 e. The van der Waals surface area contributed by atoms with E-state index in [0.717, 1.165) is 43.1 Å². The summed E-state index contributed by atoms with van der Waals surface area (Å²) in [4.78, 5) is 25.4. The van der Waals surface area contributed by atoms with Crippen molar-refractivity contribution in [2.75, 3.05) is 0 Å². The van der Waals surface area contributed by atoms with Crippen LogP contribution < -0.4 is 10.9 Å². The van der Waals surface area contributed by atoms with Gasteiger partial charge in [0, 0.05) is 21.5 Å². The number of rotatable bonds is 0. The normalized spacial score (nSPS) is 12.5. The zero-order valence-electron chi connectivity index (χ0n) is 12.6. The van der Waals surface area contributed by atoms with Crippen molar-refractivity contribution in [2.24, 2.45) is 0 Å². The minimum Gasteiger partial charge on any atom is -0.289 e. The zero-order valence-corrected chi connectivity index (χ0v) is 12.6. The van der Waals surface area contributed by atoms with Crippen molar-refractivity contribution >= 4 is 53.9 Å². The van der Waals surface area contributed by atoms with Crippen LogP contribution >= 0.6 is 0 Å². The molecule has 6 aromatic carbocycles. The maximum absolute atomic E-state index is 12.7. The fourth-order valence-electron chi connectivity index (χ4n) is 4.32. The molecule has 0 aromatic heterocycles. The van der Waals surface area contributed by atoms with Gasteiger partial charge in [0.15, 0.2) is 10.9 Å². The Morgan fingerprint density at radius 1 is 0.333 bits per heavy atom. The average molecular weight is 306 g/mol. The van der Waals surface area contributed by atoms with Gasteiger partial charge >= 0.3 is 0 Å². The number of hydrogen-bond donors (Lipinski definition) is 0. The largest absolute Gasteiger partial charge is 0.289 e. The first kappa shape index (κ1) is 12.2. The summed E-state index contributed by atoms with van der Waals surface area (Å²) in [5, 5.41) is 9.42. The summed E-state index contributed by atoms with van der Waals surface area (Å²) in [5.74, 6) is 0. The molecule has 2 nitrogen and oxygen atoms in total. The summed E-state index contributed by atoms with van der Waals surface area (Å²) in [5.41, 5.74) is -0.155. The topological polar surface area (TPSA) is 34.1 Å². The van der Waals surface area contributed by atoms with Crippen molar-refractivity contribution in [3.05, 3.63) is 81.1 Å².